The second-order valence-corrected chi connectivity index (χ2v) is 9.16. The fourth-order valence-corrected chi connectivity index (χ4v) is 3.65. The predicted molar refractivity (Wildman–Crippen MR) is 128 cm³/mol. The van der Waals surface area contributed by atoms with Gasteiger partial charge in [-0.25, -0.2) is 14.2 Å². The van der Waals surface area contributed by atoms with Crippen molar-refractivity contribution in [2.24, 2.45) is 5.10 Å². The Balaban J connectivity index is 1.91. The zero-order valence-electron chi connectivity index (χ0n) is 20.4. The normalized spacial score (nSPS) is 15.6. The molecule has 182 valence electrons. The molecule has 8 nitrogen and oxygen atoms in total. The molecule has 0 fully saturated rings. The van der Waals surface area contributed by atoms with Gasteiger partial charge in [0.25, 0.3) is 5.91 Å². The Morgan fingerprint density at radius 2 is 1.82 bits per heavy atom. The van der Waals surface area contributed by atoms with Crippen molar-refractivity contribution in [2.45, 2.75) is 38.8 Å². The van der Waals surface area contributed by atoms with Crippen LogP contribution in [-0.4, -0.2) is 60.9 Å². The standard InChI is InChI=1S/C25H31FN4O4/c1-25(2,3)27-24(32)29(4)15-23(31)30-21(16-7-9-17(26)10-8-16)14-20(28-30)19-12-11-18(33-5)13-22(19)34-6/h7-13,21H,14-15H2,1-6H3,(H,27,32). The van der Waals surface area contributed by atoms with Crippen LogP contribution in [0.25, 0.3) is 0 Å². The molecule has 9 heteroatoms. The number of ether oxygens (including phenoxy) is 2. The number of halogens is 1. The lowest BCUT2D eigenvalue weighted by molar-refractivity contribution is -0.133. The summed E-state index contributed by atoms with van der Waals surface area (Å²) in [6, 6.07) is 10.5. The zero-order valence-corrected chi connectivity index (χ0v) is 20.4. The van der Waals surface area contributed by atoms with E-state index in [4.69, 9.17) is 9.47 Å². The third kappa shape index (κ3) is 5.84. The van der Waals surface area contributed by atoms with Crippen LogP contribution in [0.4, 0.5) is 9.18 Å². The lowest BCUT2D eigenvalue weighted by atomic mass is 9.97. The fourth-order valence-electron chi connectivity index (χ4n) is 3.65. The van der Waals surface area contributed by atoms with Gasteiger partial charge in [0.05, 0.1) is 26.0 Å². The van der Waals surface area contributed by atoms with Crippen molar-refractivity contribution in [2.75, 3.05) is 27.8 Å². The van der Waals surface area contributed by atoms with Crippen LogP contribution in [0.1, 0.15) is 44.4 Å². The van der Waals surface area contributed by atoms with Crippen LogP contribution in [-0.2, 0) is 4.79 Å². The highest BCUT2D eigenvalue weighted by atomic mass is 19.1. The van der Waals surface area contributed by atoms with E-state index in [-0.39, 0.29) is 24.3 Å². The molecule has 34 heavy (non-hydrogen) atoms. The first kappa shape index (κ1) is 25.0. The van der Waals surface area contributed by atoms with Gasteiger partial charge in [0.2, 0.25) is 0 Å². The van der Waals surface area contributed by atoms with Gasteiger partial charge in [0.1, 0.15) is 23.9 Å². The Labute approximate surface area is 199 Å². The molecule has 0 bridgehead atoms. The first-order valence-electron chi connectivity index (χ1n) is 10.9. The molecule has 0 saturated heterocycles. The van der Waals surface area contributed by atoms with Crippen LogP contribution in [0.3, 0.4) is 0 Å². The van der Waals surface area contributed by atoms with Crippen molar-refractivity contribution in [3.8, 4) is 11.5 Å². The van der Waals surface area contributed by atoms with Crippen molar-refractivity contribution in [3.05, 3.63) is 59.4 Å². The molecule has 1 heterocycles. The van der Waals surface area contributed by atoms with Gasteiger partial charge in [0, 0.05) is 30.6 Å². The summed E-state index contributed by atoms with van der Waals surface area (Å²) in [7, 11) is 4.68. The van der Waals surface area contributed by atoms with Crippen molar-refractivity contribution in [3.63, 3.8) is 0 Å². The molecule has 0 aromatic heterocycles. The molecule has 2 aromatic carbocycles. The zero-order chi connectivity index (χ0) is 25.0. The van der Waals surface area contributed by atoms with Gasteiger partial charge in [-0.1, -0.05) is 12.1 Å². The smallest absolute Gasteiger partial charge is 0.318 e. The Morgan fingerprint density at radius 3 is 2.41 bits per heavy atom. The van der Waals surface area contributed by atoms with E-state index < -0.39 is 11.6 Å². The quantitative estimate of drug-likeness (QED) is 0.693. The third-order valence-electron chi connectivity index (χ3n) is 5.34. The Kier molecular flexibility index (Phi) is 7.44. The number of nitrogens with one attached hydrogen (secondary N) is 1. The fraction of sp³-hybridized carbons (Fsp3) is 0.400. The molecule has 0 aliphatic carbocycles. The van der Waals surface area contributed by atoms with Crippen molar-refractivity contribution >= 4 is 17.6 Å². The molecular weight excluding hydrogens is 439 g/mol. The van der Waals surface area contributed by atoms with Crippen LogP contribution in [0.5, 0.6) is 11.5 Å². The van der Waals surface area contributed by atoms with Gasteiger partial charge in [-0.15, -0.1) is 0 Å². The molecule has 1 atom stereocenters. The number of hydrogen-bond donors (Lipinski definition) is 1. The van der Waals surface area contributed by atoms with E-state index in [0.717, 1.165) is 11.1 Å². The third-order valence-corrected chi connectivity index (χ3v) is 5.34. The summed E-state index contributed by atoms with van der Waals surface area (Å²) in [5.41, 5.74) is 1.67. The number of benzene rings is 2. The second kappa shape index (κ2) is 10.1. The average molecular weight is 471 g/mol. The summed E-state index contributed by atoms with van der Waals surface area (Å²) in [5, 5.41) is 8.82. The molecule has 0 saturated carbocycles. The SMILES string of the molecule is COc1ccc(C2=NN(C(=O)CN(C)C(=O)NC(C)(C)C)C(c3ccc(F)cc3)C2)c(OC)c1. The van der Waals surface area contributed by atoms with E-state index in [1.807, 2.05) is 26.8 Å². The summed E-state index contributed by atoms with van der Waals surface area (Å²) >= 11 is 0. The first-order chi connectivity index (χ1) is 16.0. The lowest BCUT2D eigenvalue weighted by Crippen LogP contribution is -2.49. The summed E-state index contributed by atoms with van der Waals surface area (Å²) in [4.78, 5) is 27.1. The van der Waals surface area contributed by atoms with Crippen LogP contribution < -0.4 is 14.8 Å². The van der Waals surface area contributed by atoms with E-state index in [0.29, 0.717) is 23.6 Å². The number of urea groups is 1. The maximum absolute atomic E-state index is 13.5. The van der Waals surface area contributed by atoms with E-state index >= 15 is 0 Å². The molecule has 2 aromatic rings. The summed E-state index contributed by atoms with van der Waals surface area (Å²) in [5.74, 6) is 0.472. The highest BCUT2D eigenvalue weighted by Crippen LogP contribution is 2.36. The van der Waals surface area contributed by atoms with Crippen LogP contribution in [0.15, 0.2) is 47.6 Å². The number of carbonyl (C=O) groups excluding carboxylic acids is 2. The van der Waals surface area contributed by atoms with Crippen LogP contribution in [0.2, 0.25) is 0 Å². The molecule has 1 aliphatic heterocycles. The number of carbonyl (C=O) groups is 2. The van der Waals surface area contributed by atoms with E-state index in [9.17, 15) is 14.0 Å². The van der Waals surface area contributed by atoms with Gasteiger partial charge in [-0.2, -0.15) is 5.10 Å². The minimum absolute atomic E-state index is 0.171. The molecule has 1 unspecified atom stereocenters. The van der Waals surface area contributed by atoms with Crippen LogP contribution >= 0.6 is 0 Å². The van der Waals surface area contributed by atoms with Gasteiger partial charge in [0.15, 0.2) is 0 Å². The predicted octanol–water partition coefficient (Wildman–Crippen LogP) is 3.96. The maximum atomic E-state index is 13.5. The van der Waals surface area contributed by atoms with E-state index in [1.165, 1.54) is 22.0 Å². The Morgan fingerprint density at radius 1 is 1.15 bits per heavy atom. The number of nitrogens with zero attached hydrogens (tertiary/aromatic N) is 3. The average Bonchev–Trinajstić information content (AvgIpc) is 3.23. The minimum atomic E-state index is -0.450. The second-order valence-electron chi connectivity index (χ2n) is 9.16. The number of hydrazone groups is 1. The number of methoxy groups -OCH3 is 2. The Hall–Kier alpha value is -3.62. The van der Waals surface area contributed by atoms with Crippen LogP contribution in [0, 0.1) is 5.82 Å². The van der Waals surface area contributed by atoms with Gasteiger partial charge in [-0.05, 0) is 50.6 Å². The van der Waals surface area contributed by atoms with Gasteiger partial charge < -0.3 is 19.7 Å². The number of likely N-dealkylation sites (N-methyl/N-ethyl adjacent to an activating group) is 1. The first-order valence-corrected chi connectivity index (χ1v) is 10.9. The van der Waals surface area contributed by atoms with Crippen molar-refractivity contribution in [1.82, 2.24) is 15.2 Å². The molecule has 0 radical (unpaired) electrons. The molecule has 3 rings (SSSR count). The highest BCUT2D eigenvalue weighted by molar-refractivity contribution is 6.05. The van der Waals surface area contributed by atoms with Crippen molar-refractivity contribution < 1.29 is 23.5 Å². The van der Waals surface area contributed by atoms with Gasteiger partial charge in [-0.3, -0.25) is 4.79 Å². The molecule has 0 spiro atoms. The molecule has 3 amide bonds. The largest absolute Gasteiger partial charge is 0.497 e. The monoisotopic (exact) mass is 470 g/mol. The summed E-state index contributed by atoms with van der Waals surface area (Å²) < 4.78 is 24.3. The molecule has 1 aliphatic rings. The Bertz CT molecular complexity index is 1080. The topological polar surface area (TPSA) is 83.5 Å². The maximum Gasteiger partial charge on any atom is 0.318 e. The number of amides is 3. The molecular formula is C25H31FN4O4. The lowest BCUT2D eigenvalue weighted by Gasteiger charge is -2.27. The van der Waals surface area contributed by atoms with Crippen molar-refractivity contribution in [1.29, 1.82) is 0 Å². The number of hydrogen-bond acceptors (Lipinski definition) is 5. The molecule has 1 N–H and O–H groups in total. The highest BCUT2D eigenvalue weighted by Gasteiger charge is 2.35. The van der Waals surface area contributed by atoms with E-state index in [1.54, 1.807) is 45.5 Å². The number of rotatable bonds is 6. The van der Waals surface area contributed by atoms with Gasteiger partial charge >= 0.3 is 6.03 Å². The summed E-state index contributed by atoms with van der Waals surface area (Å²) in [6.45, 7) is 5.43. The summed E-state index contributed by atoms with van der Waals surface area (Å²) in [6.07, 6.45) is 0.401. The van der Waals surface area contributed by atoms with E-state index in [2.05, 4.69) is 10.4 Å². The minimum Gasteiger partial charge on any atom is -0.497 e.